The average Bonchev–Trinajstić information content (AvgIpc) is 3.17. The summed E-state index contributed by atoms with van der Waals surface area (Å²) >= 11 is 16.9. The first kappa shape index (κ1) is 22.0. The summed E-state index contributed by atoms with van der Waals surface area (Å²) in [6.07, 6.45) is 1.81. The molecular formula is C23H16BrCl2N3OS. The molecule has 8 heteroatoms. The SMILES string of the molecule is O=C(CSc1ncc(-c2ccc(Br)cc2)n1-c1ccc(Cl)cc1)Nc1cccc(Cl)c1. The summed E-state index contributed by atoms with van der Waals surface area (Å²) in [7, 11) is 0. The van der Waals surface area contributed by atoms with Crippen molar-refractivity contribution in [3.05, 3.63) is 93.5 Å². The molecule has 0 aliphatic rings. The number of anilines is 1. The van der Waals surface area contributed by atoms with Crippen molar-refractivity contribution in [3.8, 4) is 16.9 Å². The second-order valence-corrected chi connectivity index (χ2v) is 9.32. The van der Waals surface area contributed by atoms with Gasteiger partial charge in [-0.1, -0.05) is 69.1 Å². The monoisotopic (exact) mass is 531 g/mol. The van der Waals surface area contributed by atoms with E-state index in [0.717, 1.165) is 21.4 Å². The van der Waals surface area contributed by atoms with Gasteiger partial charge in [0.15, 0.2) is 5.16 Å². The first-order valence-electron chi connectivity index (χ1n) is 9.27. The lowest BCUT2D eigenvalue weighted by Gasteiger charge is -2.12. The van der Waals surface area contributed by atoms with Crippen LogP contribution in [-0.2, 0) is 4.79 Å². The first-order chi connectivity index (χ1) is 15.0. The van der Waals surface area contributed by atoms with Gasteiger partial charge in [-0.05, 0) is 54.6 Å². The molecule has 31 heavy (non-hydrogen) atoms. The van der Waals surface area contributed by atoms with Gasteiger partial charge in [0.05, 0.1) is 17.6 Å². The van der Waals surface area contributed by atoms with E-state index in [1.807, 2.05) is 59.3 Å². The third-order valence-electron chi connectivity index (χ3n) is 4.40. The van der Waals surface area contributed by atoms with E-state index in [1.54, 1.807) is 24.3 Å². The van der Waals surface area contributed by atoms with E-state index in [1.165, 1.54) is 11.8 Å². The lowest BCUT2D eigenvalue weighted by atomic mass is 10.1. The third-order valence-corrected chi connectivity index (χ3v) is 6.36. The van der Waals surface area contributed by atoms with Crippen molar-refractivity contribution in [2.75, 3.05) is 11.1 Å². The standard InChI is InChI=1S/C23H16BrCl2N3OS/c24-16-6-4-15(5-7-16)21-13-27-23(29(21)20-10-8-17(25)9-11-20)31-14-22(30)28-19-3-1-2-18(26)12-19/h1-13H,14H2,(H,28,30). The van der Waals surface area contributed by atoms with Crippen LogP contribution in [-0.4, -0.2) is 21.2 Å². The zero-order chi connectivity index (χ0) is 21.8. The fourth-order valence-corrected chi connectivity index (χ4v) is 4.37. The van der Waals surface area contributed by atoms with Crippen molar-refractivity contribution in [2.24, 2.45) is 0 Å². The number of thioether (sulfide) groups is 1. The fraction of sp³-hybridized carbons (Fsp3) is 0.0435. The maximum Gasteiger partial charge on any atom is 0.234 e. The van der Waals surface area contributed by atoms with Gasteiger partial charge in [-0.3, -0.25) is 9.36 Å². The maximum absolute atomic E-state index is 12.5. The van der Waals surface area contributed by atoms with E-state index < -0.39 is 0 Å². The molecule has 0 aliphatic heterocycles. The number of aromatic nitrogens is 2. The number of amides is 1. The van der Waals surface area contributed by atoms with Crippen molar-refractivity contribution in [1.82, 2.24) is 9.55 Å². The smallest absolute Gasteiger partial charge is 0.234 e. The second-order valence-electron chi connectivity index (χ2n) is 6.59. The van der Waals surface area contributed by atoms with Crippen molar-refractivity contribution in [3.63, 3.8) is 0 Å². The van der Waals surface area contributed by atoms with Gasteiger partial charge in [0.1, 0.15) is 0 Å². The molecule has 4 nitrogen and oxygen atoms in total. The molecular weight excluding hydrogens is 517 g/mol. The Kier molecular flexibility index (Phi) is 7.02. The van der Waals surface area contributed by atoms with Gasteiger partial charge in [-0.25, -0.2) is 4.98 Å². The summed E-state index contributed by atoms with van der Waals surface area (Å²) in [5.74, 6) is 0.0692. The molecule has 1 aromatic heterocycles. The van der Waals surface area contributed by atoms with E-state index in [9.17, 15) is 4.79 Å². The van der Waals surface area contributed by atoms with Crippen molar-refractivity contribution in [2.45, 2.75) is 5.16 Å². The van der Waals surface area contributed by atoms with Gasteiger partial charge in [0, 0.05) is 31.5 Å². The van der Waals surface area contributed by atoms with E-state index in [0.29, 0.717) is 20.9 Å². The van der Waals surface area contributed by atoms with Crippen LogP contribution in [0.25, 0.3) is 16.9 Å². The largest absolute Gasteiger partial charge is 0.325 e. The molecule has 0 saturated carbocycles. The molecule has 0 radical (unpaired) electrons. The molecule has 156 valence electrons. The Morgan fingerprint density at radius 1 is 1.00 bits per heavy atom. The third kappa shape index (κ3) is 5.52. The molecule has 0 aliphatic carbocycles. The second kappa shape index (κ2) is 9.92. The summed E-state index contributed by atoms with van der Waals surface area (Å²) in [4.78, 5) is 17.1. The number of benzene rings is 3. The zero-order valence-electron chi connectivity index (χ0n) is 16.1. The minimum Gasteiger partial charge on any atom is -0.325 e. The summed E-state index contributed by atoms with van der Waals surface area (Å²) in [5.41, 5.74) is 3.51. The lowest BCUT2D eigenvalue weighted by Crippen LogP contribution is -2.14. The Balaban J connectivity index is 1.60. The van der Waals surface area contributed by atoms with Crippen LogP contribution in [0.1, 0.15) is 0 Å². The van der Waals surface area contributed by atoms with Gasteiger partial charge in [-0.2, -0.15) is 0 Å². The fourth-order valence-electron chi connectivity index (χ4n) is 2.99. The summed E-state index contributed by atoms with van der Waals surface area (Å²) in [5, 5.41) is 4.80. The van der Waals surface area contributed by atoms with Crippen LogP contribution >= 0.6 is 50.9 Å². The minimum atomic E-state index is -0.136. The number of halogens is 3. The highest BCUT2D eigenvalue weighted by molar-refractivity contribution is 9.10. The zero-order valence-corrected chi connectivity index (χ0v) is 20.0. The minimum absolute atomic E-state index is 0.136. The average molecular weight is 533 g/mol. The van der Waals surface area contributed by atoms with Crippen LogP contribution < -0.4 is 5.32 Å². The predicted molar refractivity (Wildman–Crippen MR) is 133 cm³/mol. The van der Waals surface area contributed by atoms with Crippen LogP contribution in [0.5, 0.6) is 0 Å². The highest BCUT2D eigenvalue weighted by Gasteiger charge is 2.16. The van der Waals surface area contributed by atoms with Crippen LogP contribution in [0, 0.1) is 0 Å². The molecule has 0 saturated heterocycles. The van der Waals surface area contributed by atoms with Crippen LogP contribution in [0.4, 0.5) is 5.69 Å². The number of rotatable bonds is 6. The van der Waals surface area contributed by atoms with Crippen molar-refractivity contribution >= 4 is 62.5 Å². The quantitative estimate of drug-likeness (QED) is 0.264. The Labute approximate surface area is 202 Å². The van der Waals surface area contributed by atoms with Crippen LogP contribution in [0.15, 0.2) is 88.6 Å². The Bertz CT molecular complexity index is 1210. The number of hydrogen-bond donors (Lipinski definition) is 1. The highest BCUT2D eigenvalue weighted by Crippen LogP contribution is 2.31. The number of carbonyl (C=O) groups excluding carboxylic acids is 1. The van der Waals surface area contributed by atoms with E-state index >= 15 is 0 Å². The first-order valence-corrected chi connectivity index (χ1v) is 11.8. The molecule has 0 unspecified atom stereocenters. The van der Waals surface area contributed by atoms with Gasteiger partial charge in [-0.15, -0.1) is 0 Å². The van der Waals surface area contributed by atoms with Gasteiger partial charge >= 0.3 is 0 Å². The Morgan fingerprint density at radius 3 is 2.45 bits per heavy atom. The van der Waals surface area contributed by atoms with E-state index in [2.05, 4.69) is 26.2 Å². The normalized spacial score (nSPS) is 10.8. The summed E-state index contributed by atoms with van der Waals surface area (Å²) < 4.78 is 3.03. The Hall–Kier alpha value is -2.25. The van der Waals surface area contributed by atoms with Gasteiger partial charge in [0.2, 0.25) is 5.91 Å². The number of carbonyl (C=O) groups is 1. The molecule has 3 aromatic carbocycles. The number of nitrogens with one attached hydrogen (secondary N) is 1. The molecule has 0 bridgehead atoms. The van der Waals surface area contributed by atoms with Crippen molar-refractivity contribution in [1.29, 1.82) is 0 Å². The predicted octanol–water partition coefficient (Wildman–Crippen LogP) is 7.34. The van der Waals surface area contributed by atoms with E-state index in [4.69, 9.17) is 23.2 Å². The van der Waals surface area contributed by atoms with Gasteiger partial charge in [0.25, 0.3) is 0 Å². The van der Waals surface area contributed by atoms with Crippen LogP contribution in [0.3, 0.4) is 0 Å². The Morgan fingerprint density at radius 2 is 1.74 bits per heavy atom. The number of hydrogen-bond acceptors (Lipinski definition) is 3. The van der Waals surface area contributed by atoms with Gasteiger partial charge < -0.3 is 5.32 Å². The molecule has 1 N–H and O–H groups in total. The molecule has 0 atom stereocenters. The van der Waals surface area contributed by atoms with Crippen LogP contribution in [0.2, 0.25) is 10.0 Å². The summed E-state index contributed by atoms with van der Waals surface area (Å²) in [6, 6.07) is 22.6. The highest BCUT2D eigenvalue weighted by atomic mass is 79.9. The lowest BCUT2D eigenvalue weighted by molar-refractivity contribution is -0.113. The maximum atomic E-state index is 12.5. The molecule has 4 aromatic rings. The molecule has 0 fully saturated rings. The van der Waals surface area contributed by atoms with Crippen molar-refractivity contribution < 1.29 is 4.79 Å². The molecule has 1 amide bonds. The topological polar surface area (TPSA) is 46.9 Å². The molecule has 4 rings (SSSR count). The number of nitrogens with zero attached hydrogens (tertiary/aromatic N) is 2. The number of imidazole rings is 1. The molecule has 0 spiro atoms. The summed E-state index contributed by atoms with van der Waals surface area (Å²) in [6.45, 7) is 0. The van der Waals surface area contributed by atoms with E-state index in [-0.39, 0.29) is 11.7 Å². The molecule has 1 heterocycles.